The molecule has 2 saturated heterocycles. The molecule has 4 heteroatoms. The van der Waals surface area contributed by atoms with Gasteiger partial charge in [-0.05, 0) is 68.8 Å². The Bertz CT molecular complexity index is 514. The second-order valence-electron chi connectivity index (χ2n) is 6.53. The maximum Gasteiger partial charge on any atom is 0.223 e. The van der Waals surface area contributed by atoms with Crippen LogP contribution in [0.15, 0.2) is 24.3 Å². The number of nitrogens with one attached hydrogen (secondary N) is 1. The lowest BCUT2D eigenvalue weighted by Gasteiger charge is -2.27. The molecule has 2 heterocycles. The Labute approximate surface area is 131 Å². The predicted molar refractivity (Wildman–Crippen MR) is 84.9 cm³/mol. The molecule has 1 N–H and O–H groups in total. The minimum absolute atomic E-state index is 0.0659. The summed E-state index contributed by atoms with van der Waals surface area (Å²) in [6.45, 7) is 2.97. The molecule has 1 unspecified atom stereocenters. The SMILES string of the molecule is O=C(CCC1CCNCC1)N1CCCC1c1cccc(F)c1. The molecule has 120 valence electrons. The number of nitrogens with zero attached hydrogens (tertiary/aromatic N) is 1. The Morgan fingerprint density at radius 3 is 2.86 bits per heavy atom. The number of amides is 1. The van der Waals surface area contributed by atoms with Gasteiger partial charge in [0.05, 0.1) is 6.04 Å². The van der Waals surface area contributed by atoms with E-state index in [1.807, 2.05) is 11.0 Å². The zero-order valence-corrected chi connectivity index (χ0v) is 13.1. The lowest BCUT2D eigenvalue weighted by Crippen LogP contribution is -2.32. The molecule has 0 radical (unpaired) electrons. The molecule has 3 rings (SSSR count). The maximum atomic E-state index is 13.4. The summed E-state index contributed by atoms with van der Waals surface area (Å²) >= 11 is 0. The molecule has 3 nitrogen and oxygen atoms in total. The average molecular weight is 304 g/mol. The van der Waals surface area contributed by atoms with Crippen molar-refractivity contribution in [2.75, 3.05) is 19.6 Å². The fraction of sp³-hybridized carbons (Fsp3) is 0.611. The summed E-state index contributed by atoms with van der Waals surface area (Å²) < 4.78 is 13.4. The number of carbonyl (C=O) groups excluding carboxylic acids is 1. The van der Waals surface area contributed by atoms with E-state index in [0.717, 1.165) is 44.5 Å². The van der Waals surface area contributed by atoms with E-state index in [0.29, 0.717) is 12.3 Å². The highest BCUT2D eigenvalue weighted by Crippen LogP contribution is 2.33. The lowest BCUT2D eigenvalue weighted by molar-refractivity contribution is -0.132. The van der Waals surface area contributed by atoms with E-state index >= 15 is 0 Å². The molecule has 2 aliphatic rings. The van der Waals surface area contributed by atoms with Gasteiger partial charge in [-0.1, -0.05) is 12.1 Å². The van der Waals surface area contributed by atoms with Crippen molar-refractivity contribution in [2.24, 2.45) is 5.92 Å². The summed E-state index contributed by atoms with van der Waals surface area (Å²) in [7, 11) is 0. The van der Waals surface area contributed by atoms with Crippen molar-refractivity contribution in [3.05, 3.63) is 35.6 Å². The van der Waals surface area contributed by atoms with Crippen LogP contribution in [0.25, 0.3) is 0 Å². The van der Waals surface area contributed by atoms with Gasteiger partial charge in [-0.15, -0.1) is 0 Å². The third-order valence-electron chi connectivity index (χ3n) is 5.03. The molecule has 1 atom stereocenters. The van der Waals surface area contributed by atoms with Gasteiger partial charge in [0.1, 0.15) is 5.82 Å². The average Bonchev–Trinajstić information content (AvgIpc) is 3.03. The van der Waals surface area contributed by atoms with Crippen molar-refractivity contribution in [1.82, 2.24) is 10.2 Å². The molecule has 2 aliphatic heterocycles. The standard InChI is InChI=1S/C18H25FN2O/c19-16-4-1-3-15(13-16)17-5-2-12-21(17)18(22)7-6-14-8-10-20-11-9-14/h1,3-4,13-14,17,20H,2,5-12H2. The predicted octanol–water partition coefficient (Wildman–Crippen LogP) is 3.27. The fourth-order valence-electron chi connectivity index (χ4n) is 3.77. The number of benzene rings is 1. The second kappa shape index (κ2) is 7.23. The summed E-state index contributed by atoms with van der Waals surface area (Å²) in [6, 6.07) is 6.77. The van der Waals surface area contributed by atoms with Crippen molar-refractivity contribution in [3.8, 4) is 0 Å². The van der Waals surface area contributed by atoms with Crippen LogP contribution < -0.4 is 5.32 Å². The lowest BCUT2D eigenvalue weighted by atomic mass is 9.93. The highest BCUT2D eigenvalue weighted by molar-refractivity contribution is 5.77. The van der Waals surface area contributed by atoms with Crippen LogP contribution in [0, 0.1) is 11.7 Å². The van der Waals surface area contributed by atoms with E-state index in [4.69, 9.17) is 0 Å². The van der Waals surface area contributed by atoms with Crippen LogP contribution in [0.5, 0.6) is 0 Å². The smallest absolute Gasteiger partial charge is 0.223 e. The highest BCUT2D eigenvalue weighted by atomic mass is 19.1. The van der Waals surface area contributed by atoms with E-state index in [-0.39, 0.29) is 17.8 Å². The molecule has 1 aromatic carbocycles. The molecule has 0 aromatic heterocycles. The van der Waals surface area contributed by atoms with E-state index in [1.165, 1.54) is 18.9 Å². The highest BCUT2D eigenvalue weighted by Gasteiger charge is 2.30. The van der Waals surface area contributed by atoms with Gasteiger partial charge in [0.25, 0.3) is 0 Å². The van der Waals surface area contributed by atoms with Crippen molar-refractivity contribution in [2.45, 2.75) is 44.6 Å². The first kappa shape index (κ1) is 15.5. The first-order valence-electron chi connectivity index (χ1n) is 8.49. The van der Waals surface area contributed by atoms with E-state index in [1.54, 1.807) is 12.1 Å². The number of hydrogen-bond acceptors (Lipinski definition) is 2. The van der Waals surface area contributed by atoms with Crippen molar-refractivity contribution in [3.63, 3.8) is 0 Å². The quantitative estimate of drug-likeness (QED) is 0.926. The summed E-state index contributed by atoms with van der Waals surface area (Å²) in [5, 5.41) is 3.36. The monoisotopic (exact) mass is 304 g/mol. The molecule has 0 saturated carbocycles. The molecule has 0 aliphatic carbocycles. The second-order valence-corrected chi connectivity index (χ2v) is 6.53. The molecular weight excluding hydrogens is 279 g/mol. The first-order valence-corrected chi connectivity index (χ1v) is 8.49. The van der Waals surface area contributed by atoms with Crippen LogP contribution in [0.3, 0.4) is 0 Å². The van der Waals surface area contributed by atoms with E-state index in [2.05, 4.69) is 5.32 Å². The van der Waals surface area contributed by atoms with Gasteiger partial charge in [0.2, 0.25) is 5.91 Å². The molecule has 2 fully saturated rings. The van der Waals surface area contributed by atoms with Crippen LogP contribution >= 0.6 is 0 Å². The summed E-state index contributed by atoms with van der Waals surface area (Å²) in [4.78, 5) is 14.5. The minimum Gasteiger partial charge on any atom is -0.336 e. The molecule has 1 aromatic rings. The van der Waals surface area contributed by atoms with Crippen LogP contribution in [0.2, 0.25) is 0 Å². The summed E-state index contributed by atoms with van der Waals surface area (Å²) in [6.07, 6.45) is 5.95. The third kappa shape index (κ3) is 3.67. The maximum absolute atomic E-state index is 13.4. The Hall–Kier alpha value is -1.42. The van der Waals surface area contributed by atoms with Crippen LogP contribution in [-0.4, -0.2) is 30.4 Å². The number of halogens is 1. The van der Waals surface area contributed by atoms with E-state index in [9.17, 15) is 9.18 Å². The molecule has 0 spiro atoms. The van der Waals surface area contributed by atoms with Gasteiger partial charge in [-0.25, -0.2) is 4.39 Å². The van der Waals surface area contributed by atoms with Gasteiger partial charge in [0.15, 0.2) is 0 Å². The normalized spacial score (nSPS) is 23.0. The topological polar surface area (TPSA) is 32.3 Å². The largest absolute Gasteiger partial charge is 0.336 e. The Morgan fingerprint density at radius 1 is 1.27 bits per heavy atom. The molecule has 1 amide bonds. The molecule has 0 bridgehead atoms. The van der Waals surface area contributed by atoms with E-state index < -0.39 is 0 Å². The summed E-state index contributed by atoms with van der Waals surface area (Å²) in [5.74, 6) is 0.706. The Balaban J connectivity index is 1.58. The van der Waals surface area contributed by atoms with Crippen LogP contribution in [-0.2, 0) is 4.79 Å². The summed E-state index contributed by atoms with van der Waals surface area (Å²) in [5.41, 5.74) is 0.938. The van der Waals surface area contributed by atoms with Crippen molar-refractivity contribution >= 4 is 5.91 Å². The minimum atomic E-state index is -0.216. The zero-order valence-electron chi connectivity index (χ0n) is 13.1. The zero-order chi connectivity index (χ0) is 15.4. The number of likely N-dealkylation sites (tertiary alicyclic amines) is 1. The van der Waals surface area contributed by atoms with Crippen molar-refractivity contribution in [1.29, 1.82) is 0 Å². The number of hydrogen-bond donors (Lipinski definition) is 1. The molecule has 22 heavy (non-hydrogen) atoms. The third-order valence-corrected chi connectivity index (χ3v) is 5.03. The fourth-order valence-corrected chi connectivity index (χ4v) is 3.77. The van der Waals surface area contributed by atoms with Crippen LogP contribution in [0.4, 0.5) is 4.39 Å². The van der Waals surface area contributed by atoms with Gasteiger partial charge >= 0.3 is 0 Å². The van der Waals surface area contributed by atoms with Gasteiger partial charge in [-0.2, -0.15) is 0 Å². The Kier molecular flexibility index (Phi) is 5.08. The molecular formula is C18H25FN2O. The number of rotatable bonds is 4. The first-order chi connectivity index (χ1) is 10.7. The van der Waals surface area contributed by atoms with Gasteiger partial charge in [0, 0.05) is 13.0 Å². The van der Waals surface area contributed by atoms with Crippen molar-refractivity contribution < 1.29 is 9.18 Å². The van der Waals surface area contributed by atoms with Gasteiger partial charge in [-0.3, -0.25) is 4.79 Å². The van der Waals surface area contributed by atoms with Gasteiger partial charge < -0.3 is 10.2 Å². The number of carbonyl (C=O) groups is 1. The number of piperidine rings is 1. The van der Waals surface area contributed by atoms with Crippen LogP contribution in [0.1, 0.15) is 50.1 Å². The Morgan fingerprint density at radius 2 is 2.09 bits per heavy atom.